The molecule has 0 fully saturated rings. The Morgan fingerprint density at radius 3 is 2.78 bits per heavy atom. The smallest absolute Gasteiger partial charge is 0.268 e. The van der Waals surface area contributed by atoms with Crippen LogP contribution >= 0.6 is 0 Å². The number of nitrogens with zero attached hydrogens (tertiary/aromatic N) is 2. The maximum atomic E-state index is 12.5. The lowest BCUT2D eigenvalue weighted by Gasteiger charge is -2.33. The van der Waals surface area contributed by atoms with Gasteiger partial charge < -0.3 is 15.0 Å². The van der Waals surface area contributed by atoms with E-state index in [9.17, 15) is 9.59 Å². The molecule has 6 nitrogen and oxygen atoms in total. The van der Waals surface area contributed by atoms with Crippen molar-refractivity contribution in [3.05, 3.63) is 48.2 Å². The molecule has 0 unspecified atom stereocenters. The summed E-state index contributed by atoms with van der Waals surface area (Å²) in [7, 11) is 0. The number of benzene rings is 1. The number of fused-ring (bicyclic) bond motifs is 1. The van der Waals surface area contributed by atoms with E-state index in [0.29, 0.717) is 17.3 Å². The summed E-state index contributed by atoms with van der Waals surface area (Å²) in [5, 5.41) is 2.76. The Balaban J connectivity index is 1.83. The van der Waals surface area contributed by atoms with Gasteiger partial charge in [-0.25, -0.2) is 4.98 Å². The summed E-state index contributed by atoms with van der Waals surface area (Å²) in [6, 6.07) is 10.8. The molecule has 6 heteroatoms. The minimum atomic E-state index is -0.782. The van der Waals surface area contributed by atoms with Gasteiger partial charge in [0.1, 0.15) is 11.6 Å². The summed E-state index contributed by atoms with van der Waals surface area (Å²) in [6.07, 6.45) is 0.830. The minimum absolute atomic E-state index is 0.132. The molecule has 1 aromatic carbocycles. The number of aryl methyl sites for hydroxylation is 1. The van der Waals surface area contributed by atoms with Gasteiger partial charge in [-0.3, -0.25) is 9.59 Å². The SMILES string of the molecule is CC(=O)N1C[C@H](C(=O)Nc2ncccc2C)Oc2ccccc21. The Bertz CT molecular complexity index is 760. The predicted molar refractivity (Wildman–Crippen MR) is 86.5 cm³/mol. The van der Waals surface area contributed by atoms with Crippen molar-refractivity contribution in [1.29, 1.82) is 0 Å². The van der Waals surface area contributed by atoms with E-state index in [4.69, 9.17) is 4.74 Å². The van der Waals surface area contributed by atoms with Crippen molar-refractivity contribution in [3.8, 4) is 5.75 Å². The zero-order valence-corrected chi connectivity index (χ0v) is 12.9. The monoisotopic (exact) mass is 311 g/mol. The molecule has 2 aromatic rings. The highest BCUT2D eigenvalue weighted by Crippen LogP contribution is 2.33. The molecule has 1 aliphatic heterocycles. The largest absolute Gasteiger partial charge is 0.476 e. The lowest BCUT2D eigenvalue weighted by molar-refractivity contribution is -0.123. The van der Waals surface area contributed by atoms with Crippen molar-refractivity contribution in [2.75, 3.05) is 16.8 Å². The van der Waals surface area contributed by atoms with E-state index in [0.717, 1.165) is 5.56 Å². The molecule has 0 bridgehead atoms. The summed E-state index contributed by atoms with van der Waals surface area (Å²) in [5.74, 6) is 0.557. The highest BCUT2D eigenvalue weighted by atomic mass is 16.5. The maximum absolute atomic E-state index is 12.5. The van der Waals surface area contributed by atoms with Crippen molar-refractivity contribution >= 4 is 23.3 Å². The number of para-hydroxylation sites is 2. The molecule has 0 aliphatic carbocycles. The summed E-state index contributed by atoms with van der Waals surface area (Å²) in [6.45, 7) is 3.51. The molecule has 2 heterocycles. The number of anilines is 2. The van der Waals surface area contributed by atoms with Gasteiger partial charge in [0.15, 0.2) is 6.10 Å². The second-order valence-corrected chi connectivity index (χ2v) is 5.36. The molecular formula is C17H17N3O3. The van der Waals surface area contributed by atoms with Crippen LogP contribution < -0.4 is 15.0 Å². The summed E-state index contributed by atoms with van der Waals surface area (Å²) < 4.78 is 5.75. The van der Waals surface area contributed by atoms with Crippen LogP contribution in [0.1, 0.15) is 12.5 Å². The van der Waals surface area contributed by atoms with Crippen LogP contribution in [0.2, 0.25) is 0 Å². The van der Waals surface area contributed by atoms with E-state index in [1.807, 2.05) is 19.1 Å². The Labute approximate surface area is 134 Å². The summed E-state index contributed by atoms with van der Waals surface area (Å²) >= 11 is 0. The predicted octanol–water partition coefficient (Wildman–Crippen LogP) is 2.14. The van der Waals surface area contributed by atoms with Gasteiger partial charge in [0.2, 0.25) is 5.91 Å². The first-order valence-electron chi connectivity index (χ1n) is 7.32. The second-order valence-electron chi connectivity index (χ2n) is 5.36. The zero-order valence-electron chi connectivity index (χ0n) is 12.9. The van der Waals surface area contributed by atoms with Crippen molar-refractivity contribution in [2.45, 2.75) is 20.0 Å². The van der Waals surface area contributed by atoms with Crippen LogP contribution in [0.15, 0.2) is 42.6 Å². The van der Waals surface area contributed by atoms with Gasteiger partial charge in [-0.2, -0.15) is 0 Å². The fourth-order valence-corrected chi connectivity index (χ4v) is 2.48. The van der Waals surface area contributed by atoms with Crippen LogP contribution in [0.5, 0.6) is 5.75 Å². The molecule has 0 saturated carbocycles. The molecule has 1 aliphatic rings. The number of nitrogens with one attached hydrogen (secondary N) is 1. The highest BCUT2D eigenvalue weighted by molar-refractivity contribution is 5.99. The quantitative estimate of drug-likeness (QED) is 0.922. The van der Waals surface area contributed by atoms with Crippen LogP contribution in [0.3, 0.4) is 0 Å². The van der Waals surface area contributed by atoms with Crippen LogP contribution in [-0.4, -0.2) is 29.4 Å². The third kappa shape index (κ3) is 3.01. The fourth-order valence-electron chi connectivity index (χ4n) is 2.48. The number of carbonyl (C=O) groups excluding carboxylic acids is 2. The van der Waals surface area contributed by atoms with Gasteiger partial charge in [-0.15, -0.1) is 0 Å². The molecule has 3 rings (SSSR count). The number of aromatic nitrogens is 1. The first kappa shape index (κ1) is 15.0. The zero-order chi connectivity index (χ0) is 16.4. The fraction of sp³-hybridized carbons (Fsp3) is 0.235. The van der Waals surface area contributed by atoms with E-state index in [-0.39, 0.29) is 18.4 Å². The van der Waals surface area contributed by atoms with E-state index >= 15 is 0 Å². The molecule has 1 atom stereocenters. The van der Waals surface area contributed by atoms with Crippen LogP contribution in [0, 0.1) is 6.92 Å². The molecular weight excluding hydrogens is 294 g/mol. The van der Waals surface area contributed by atoms with Gasteiger partial charge >= 0.3 is 0 Å². The van der Waals surface area contributed by atoms with Crippen LogP contribution in [0.4, 0.5) is 11.5 Å². The van der Waals surface area contributed by atoms with Crippen LogP contribution in [-0.2, 0) is 9.59 Å². The lowest BCUT2D eigenvalue weighted by Crippen LogP contribution is -2.48. The Morgan fingerprint density at radius 2 is 2.04 bits per heavy atom. The number of rotatable bonds is 2. The normalized spacial score (nSPS) is 16.3. The molecule has 118 valence electrons. The third-order valence-electron chi connectivity index (χ3n) is 3.70. The Morgan fingerprint density at radius 1 is 1.26 bits per heavy atom. The summed E-state index contributed by atoms with van der Waals surface area (Å²) in [5.41, 5.74) is 1.54. The van der Waals surface area contributed by atoms with E-state index in [1.54, 1.807) is 35.4 Å². The van der Waals surface area contributed by atoms with E-state index in [1.165, 1.54) is 6.92 Å². The number of hydrogen-bond acceptors (Lipinski definition) is 4. The van der Waals surface area contributed by atoms with Gasteiger partial charge in [0, 0.05) is 13.1 Å². The molecule has 0 saturated heterocycles. The number of hydrogen-bond donors (Lipinski definition) is 1. The van der Waals surface area contributed by atoms with Gasteiger partial charge in [0.25, 0.3) is 5.91 Å². The second kappa shape index (κ2) is 6.08. The topological polar surface area (TPSA) is 71.5 Å². The van der Waals surface area contributed by atoms with Gasteiger partial charge in [-0.1, -0.05) is 18.2 Å². The highest BCUT2D eigenvalue weighted by Gasteiger charge is 2.32. The number of amides is 2. The first-order valence-corrected chi connectivity index (χ1v) is 7.32. The molecule has 23 heavy (non-hydrogen) atoms. The number of pyridine rings is 1. The summed E-state index contributed by atoms with van der Waals surface area (Å²) in [4.78, 5) is 30.0. The minimum Gasteiger partial charge on any atom is -0.476 e. The lowest BCUT2D eigenvalue weighted by atomic mass is 10.1. The van der Waals surface area contributed by atoms with Gasteiger partial charge in [-0.05, 0) is 30.7 Å². The van der Waals surface area contributed by atoms with E-state index in [2.05, 4.69) is 10.3 Å². The maximum Gasteiger partial charge on any atom is 0.268 e. The molecule has 1 N–H and O–H groups in total. The van der Waals surface area contributed by atoms with E-state index < -0.39 is 6.10 Å². The molecule has 0 spiro atoms. The molecule has 0 radical (unpaired) electrons. The number of carbonyl (C=O) groups is 2. The average molecular weight is 311 g/mol. The Kier molecular flexibility index (Phi) is 3.97. The Hall–Kier alpha value is -2.89. The molecule has 1 aromatic heterocycles. The standard InChI is InChI=1S/C17H17N3O3/c1-11-6-5-9-18-16(11)19-17(22)15-10-20(12(2)21)13-7-3-4-8-14(13)23-15/h3-9,15H,10H2,1-2H3,(H,18,19,22)/t15-/m1/s1. The number of ether oxygens (including phenoxy) is 1. The van der Waals surface area contributed by atoms with Crippen LogP contribution in [0.25, 0.3) is 0 Å². The van der Waals surface area contributed by atoms with Crippen molar-refractivity contribution in [2.24, 2.45) is 0 Å². The molecule has 2 amide bonds. The average Bonchev–Trinajstić information content (AvgIpc) is 2.55. The third-order valence-corrected chi connectivity index (χ3v) is 3.70. The van der Waals surface area contributed by atoms with Crippen molar-refractivity contribution in [3.63, 3.8) is 0 Å². The first-order chi connectivity index (χ1) is 11.1. The van der Waals surface area contributed by atoms with Crippen molar-refractivity contribution < 1.29 is 14.3 Å². The van der Waals surface area contributed by atoms with Crippen molar-refractivity contribution in [1.82, 2.24) is 4.98 Å². The van der Waals surface area contributed by atoms with Gasteiger partial charge in [0.05, 0.1) is 12.2 Å².